The van der Waals surface area contributed by atoms with Gasteiger partial charge in [0.25, 0.3) is 0 Å². The molecule has 0 amide bonds. The monoisotopic (exact) mass is 206 g/mol. The van der Waals surface area contributed by atoms with Crippen LogP contribution in [0.3, 0.4) is 0 Å². The van der Waals surface area contributed by atoms with Gasteiger partial charge in [-0.15, -0.1) is 0 Å². The molecule has 0 heterocycles. The zero-order valence-corrected chi connectivity index (χ0v) is 9.36. The second-order valence-electron chi connectivity index (χ2n) is 4.44. The molecular weight excluding hydrogens is 188 g/mol. The first-order valence-electron chi connectivity index (χ1n) is 5.49. The van der Waals surface area contributed by atoms with Crippen molar-refractivity contribution in [3.8, 4) is 0 Å². The SMILES string of the molecule is COC(C)Cc1ccccc1C1(O)CC1. The van der Waals surface area contributed by atoms with Crippen molar-refractivity contribution in [3.05, 3.63) is 35.4 Å². The third kappa shape index (κ3) is 2.21. The van der Waals surface area contributed by atoms with Crippen LogP contribution in [0.4, 0.5) is 0 Å². The molecule has 1 aliphatic carbocycles. The average molecular weight is 206 g/mol. The smallest absolute Gasteiger partial charge is 0.0901 e. The molecule has 1 aliphatic rings. The summed E-state index contributed by atoms with van der Waals surface area (Å²) in [6.07, 6.45) is 2.86. The first-order chi connectivity index (χ1) is 7.15. The second-order valence-corrected chi connectivity index (χ2v) is 4.44. The van der Waals surface area contributed by atoms with Crippen molar-refractivity contribution in [1.29, 1.82) is 0 Å². The van der Waals surface area contributed by atoms with Crippen LogP contribution in [-0.2, 0) is 16.8 Å². The van der Waals surface area contributed by atoms with Gasteiger partial charge in [0.15, 0.2) is 0 Å². The van der Waals surface area contributed by atoms with E-state index in [1.165, 1.54) is 5.56 Å². The summed E-state index contributed by atoms with van der Waals surface area (Å²) in [6.45, 7) is 2.05. The van der Waals surface area contributed by atoms with Crippen LogP contribution in [0, 0.1) is 0 Å². The van der Waals surface area contributed by atoms with E-state index in [2.05, 4.69) is 6.07 Å². The number of aliphatic hydroxyl groups is 1. The maximum absolute atomic E-state index is 10.1. The van der Waals surface area contributed by atoms with Crippen LogP contribution in [0.15, 0.2) is 24.3 Å². The van der Waals surface area contributed by atoms with Gasteiger partial charge in [0.1, 0.15) is 0 Å². The minimum absolute atomic E-state index is 0.202. The number of ether oxygens (including phenoxy) is 1. The highest BCUT2D eigenvalue weighted by Gasteiger charge is 2.43. The number of benzene rings is 1. The van der Waals surface area contributed by atoms with Crippen molar-refractivity contribution in [2.45, 2.75) is 37.9 Å². The molecule has 0 bridgehead atoms. The number of hydrogen-bond acceptors (Lipinski definition) is 2. The fourth-order valence-electron chi connectivity index (χ4n) is 1.93. The molecule has 0 radical (unpaired) electrons. The van der Waals surface area contributed by atoms with E-state index >= 15 is 0 Å². The normalized spacial score (nSPS) is 19.9. The topological polar surface area (TPSA) is 29.5 Å². The fourth-order valence-corrected chi connectivity index (χ4v) is 1.93. The van der Waals surface area contributed by atoms with Crippen LogP contribution in [0.1, 0.15) is 30.9 Å². The maximum Gasteiger partial charge on any atom is 0.0901 e. The zero-order valence-electron chi connectivity index (χ0n) is 9.36. The molecular formula is C13H18O2. The molecule has 1 fully saturated rings. The van der Waals surface area contributed by atoms with Crippen molar-refractivity contribution in [3.63, 3.8) is 0 Å². The van der Waals surface area contributed by atoms with E-state index < -0.39 is 5.60 Å². The van der Waals surface area contributed by atoms with E-state index in [1.54, 1.807) is 7.11 Å². The average Bonchev–Trinajstić information content (AvgIpc) is 2.98. The van der Waals surface area contributed by atoms with Crippen molar-refractivity contribution in [2.75, 3.05) is 7.11 Å². The number of hydrogen-bond donors (Lipinski definition) is 1. The van der Waals surface area contributed by atoms with Gasteiger partial charge in [-0.05, 0) is 37.3 Å². The Morgan fingerprint density at radius 3 is 2.67 bits per heavy atom. The van der Waals surface area contributed by atoms with Gasteiger partial charge in [0.05, 0.1) is 11.7 Å². The van der Waals surface area contributed by atoms with E-state index in [0.717, 1.165) is 24.8 Å². The lowest BCUT2D eigenvalue weighted by Crippen LogP contribution is -2.14. The van der Waals surface area contributed by atoms with Gasteiger partial charge in [-0.25, -0.2) is 0 Å². The predicted molar refractivity (Wildman–Crippen MR) is 59.7 cm³/mol. The third-order valence-electron chi connectivity index (χ3n) is 3.15. The molecule has 0 aliphatic heterocycles. The molecule has 0 spiro atoms. The Labute approximate surface area is 90.9 Å². The second kappa shape index (κ2) is 3.95. The molecule has 1 aromatic rings. The molecule has 2 nitrogen and oxygen atoms in total. The molecule has 1 saturated carbocycles. The highest BCUT2D eigenvalue weighted by molar-refractivity contribution is 5.36. The molecule has 1 N–H and O–H groups in total. The van der Waals surface area contributed by atoms with E-state index in [0.29, 0.717) is 0 Å². The van der Waals surface area contributed by atoms with Gasteiger partial charge in [0, 0.05) is 7.11 Å². The van der Waals surface area contributed by atoms with Gasteiger partial charge >= 0.3 is 0 Å². The van der Waals surface area contributed by atoms with E-state index in [1.807, 2.05) is 25.1 Å². The molecule has 2 rings (SSSR count). The first-order valence-corrected chi connectivity index (χ1v) is 5.49. The molecule has 1 atom stereocenters. The lowest BCUT2D eigenvalue weighted by Gasteiger charge is -2.16. The Balaban J connectivity index is 2.22. The minimum Gasteiger partial charge on any atom is -0.385 e. The highest BCUT2D eigenvalue weighted by atomic mass is 16.5. The van der Waals surface area contributed by atoms with Gasteiger partial charge in [0.2, 0.25) is 0 Å². The van der Waals surface area contributed by atoms with Crippen molar-refractivity contribution < 1.29 is 9.84 Å². The Morgan fingerprint density at radius 1 is 1.40 bits per heavy atom. The summed E-state index contributed by atoms with van der Waals surface area (Å²) >= 11 is 0. The molecule has 0 aromatic heterocycles. The molecule has 15 heavy (non-hydrogen) atoms. The summed E-state index contributed by atoms with van der Waals surface area (Å²) in [5.74, 6) is 0. The highest BCUT2D eigenvalue weighted by Crippen LogP contribution is 2.46. The Bertz CT molecular complexity index is 342. The quantitative estimate of drug-likeness (QED) is 0.818. The fraction of sp³-hybridized carbons (Fsp3) is 0.538. The van der Waals surface area contributed by atoms with Crippen molar-refractivity contribution in [2.24, 2.45) is 0 Å². The molecule has 0 saturated heterocycles. The van der Waals surface area contributed by atoms with Crippen molar-refractivity contribution in [1.82, 2.24) is 0 Å². The van der Waals surface area contributed by atoms with E-state index in [9.17, 15) is 5.11 Å². The van der Waals surface area contributed by atoms with Gasteiger partial charge in [-0.3, -0.25) is 0 Å². The van der Waals surface area contributed by atoms with Crippen LogP contribution in [0.5, 0.6) is 0 Å². The summed E-state index contributed by atoms with van der Waals surface area (Å²) in [5.41, 5.74) is 1.77. The minimum atomic E-state index is -0.538. The van der Waals surface area contributed by atoms with Crippen molar-refractivity contribution >= 4 is 0 Å². The summed E-state index contributed by atoms with van der Waals surface area (Å²) in [6, 6.07) is 8.13. The molecule has 1 aromatic carbocycles. The zero-order chi connectivity index (χ0) is 10.9. The van der Waals surface area contributed by atoms with E-state index in [-0.39, 0.29) is 6.10 Å². The summed E-state index contributed by atoms with van der Waals surface area (Å²) in [4.78, 5) is 0. The van der Waals surface area contributed by atoms with Crippen LogP contribution in [-0.4, -0.2) is 18.3 Å². The predicted octanol–water partition coefficient (Wildman–Crippen LogP) is 2.25. The standard InChI is InChI=1S/C13H18O2/c1-10(15-2)9-11-5-3-4-6-12(11)13(14)7-8-13/h3-6,10,14H,7-9H2,1-2H3. The summed E-state index contributed by atoms with van der Waals surface area (Å²) < 4.78 is 5.26. The lowest BCUT2D eigenvalue weighted by atomic mass is 9.97. The summed E-state index contributed by atoms with van der Waals surface area (Å²) in [5, 5.41) is 10.1. The lowest BCUT2D eigenvalue weighted by molar-refractivity contribution is 0.116. The third-order valence-corrected chi connectivity index (χ3v) is 3.15. The van der Waals surface area contributed by atoms with Gasteiger partial charge in [-0.1, -0.05) is 24.3 Å². The molecule has 1 unspecified atom stereocenters. The number of methoxy groups -OCH3 is 1. The van der Waals surface area contributed by atoms with Crippen LogP contribution in [0.2, 0.25) is 0 Å². The van der Waals surface area contributed by atoms with Gasteiger partial charge < -0.3 is 9.84 Å². The Hall–Kier alpha value is -0.860. The molecule has 2 heteroatoms. The largest absolute Gasteiger partial charge is 0.385 e. The van der Waals surface area contributed by atoms with Crippen LogP contribution < -0.4 is 0 Å². The maximum atomic E-state index is 10.1. The van der Waals surface area contributed by atoms with Crippen LogP contribution >= 0.6 is 0 Å². The first kappa shape index (κ1) is 10.7. The Morgan fingerprint density at radius 2 is 2.07 bits per heavy atom. The van der Waals surface area contributed by atoms with Gasteiger partial charge in [-0.2, -0.15) is 0 Å². The number of rotatable bonds is 4. The summed E-state index contributed by atoms with van der Waals surface area (Å²) in [7, 11) is 1.72. The molecule has 82 valence electrons. The van der Waals surface area contributed by atoms with E-state index in [4.69, 9.17) is 4.74 Å². The Kier molecular flexibility index (Phi) is 2.81. The van der Waals surface area contributed by atoms with Crippen LogP contribution in [0.25, 0.3) is 0 Å².